The fraction of sp³-hybridized carbons (Fsp3) is 0.600. The summed E-state index contributed by atoms with van der Waals surface area (Å²) in [5, 5.41) is 0. The minimum Gasteiger partial charge on any atom is -0.262 e. The number of hydrogen-bond acceptors (Lipinski definition) is 3. The van der Waals surface area contributed by atoms with E-state index in [4.69, 9.17) is 4.18 Å². The molecule has 3 nitrogen and oxygen atoms in total. The van der Waals surface area contributed by atoms with E-state index in [1.165, 1.54) is 0 Å². The zero-order valence-corrected chi connectivity index (χ0v) is 13.4. The molecule has 108 valence electrons. The Hall–Kier alpha value is -0.870. The third-order valence-corrected chi connectivity index (χ3v) is 4.12. The van der Waals surface area contributed by atoms with Gasteiger partial charge in [-0.2, -0.15) is 8.42 Å². The molecule has 0 fully saturated rings. The van der Waals surface area contributed by atoms with Crippen LogP contribution in [-0.2, 0) is 14.3 Å². The van der Waals surface area contributed by atoms with Gasteiger partial charge >= 0.3 is 0 Å². The molecule has 0 spiro atoms. The van der Waals surface area contributed by atoms with Crippen LogP contribution < -0.4 is 0 Å². The molecule has 1 aromatic carbocycles. The maximum atomic E-state index is 12.3. The molecule has 0 saturated heterocycles. The van der Waals surface area contributed by atoms with E-state index in [9.17, 15) is 8.42 Å². The third kappa shape index (κ3) is 4.32. The van der Waals surface area contributed by atoms with Crippen molar-refractivity contribution in [2.75, 3.05) is 0 Å². The van der Waals surface area contributed by atoms with Crippen molar-refractivity contribution in [1.82, 2.24) is 0 Å². The van der Waals surface area contributed by atoms with E-state index in [-0.39, 0.29) is 15.7 Å². The van der Waals surface area contributed by atoms with Crippen LogP contribution in [0.1, 0.15) is 41.5 Å². The summed E-state index contributed by atoms with van der Waals surface area (Å²) in [6, 6.07) is 8.28. The van der Waals surface area contributed by atoms with E-state index in [1.807, 2.05) is 41.5 Å². The van der Waals surface area contributed by atoms with Crippen molar-refractivity contribution < 1.29 is 12.6 Å². The standard InChI is InChI=1S/C15H24O3S/c1-14(2,3)13(15(4,5)6)18-19(16,17)12-10-8-7-9-11-12/h7-11,13H,1-6H3. The number of benzene rings is 1. The molecule has 0 heterocycles. The molecule has 0 saturated carbocycles. The summed E-state index contributed by atoms with van der Waals surface area (Å²) >= 11 is 0. The number of hydrogen-bond donors (Lipinski definition) is 0. The van der Waals surface area contributed by atoms with Crippen molar-refractivity contribution >= 4 is 10.1 Å². The van der Waals surface area contributed by atoms with Gasteiger partial charge < -0.3 is 0 Å². The fourth-order valence-electron chi connectivity index (χ4n) is 2.36. The summed E-state index contributed by atoms with van der Waals surface area (Å²) in [4.78, 5) is 0.202. The Morgan fingerprint density at radius 2 is 1.32 bits per heavy atom. The molecule has 0 aromatic heterocycles. The van der Waals surface area contributed by atoms with Crippen LogP contribution >= 0.6 is 0 Å². The third-order valence-electron chi connectivity index (χ3n) is 2.83. The van der Waals surface area contributed by atoms with Gasteiger partial charge in [0.15, 0.2) is 0 Å². The first-order chi connectivity index (χ1) is 8.44. The van der Waals surface area contributed by atoms with Gasteiger partial charge in [-0.05, 0) is 23.0 Å². The first-order valence-electron chi connectivity index (χ1n) is 6.43. The van der Waals surface area contributed by atoms with Gasteiger partial charge in [-0.1, -0.05) is 59.7 Å². The second-order valence-corrected chi connectivity index (χ2v) is 8.55. The van der Waals surface area contributed by atoms with Crippen LogP contribution in [0.4, 0.5) is 0 Å². The van der Waals surface area contributed by atoms with Crippen LogP contribution in [0.5, 0.6) is 0 Å². The molecule has 0 amide bonds. The van der Waals surface area contributed by atoms with E-state index >= 15 is 0 Å². The Bertz CT molecular complexity index is 491. The van der Waals surface area contributed by atoms with Gasteiger partial charge in [-0.25, -0.2) is 0 Å². The van der Waals surface area contributed by atoms with Crippen LogP contribution in [0.3, 0.4) is 0 Å². The normalized spacial score (nSPS) is 13.8. The molecule has 0 N–H and O–H groups in total. The van der Waals surface area contributed by atoms with Crippen molar-refractivity contribution in [1.29, 1.82) is 0 Å². The molecular formula is C15H24O3S. The number of rotatable bonds is 3. The minimum absolute atomic E-state index is 0.202. The van der Waals surface area contributed by atoms with E-state index in [0.717, 1.165) is 0 Å². The average Bonchev–Trinajstić information content (AvgIpc) is 2.24. The van der Waals surface area contributed by atoms with Gasteiger partial charge in [0.05, 0.1) is 11.0 Å². The zero-order chi connectivity index (χ0) is 14.9. The lowest BCUT2D eigenvalue weighted by molar-refractivity contribution is 0.00324. The topological polar surface area (TPSA) is 43.4 Å². The highest BCUT2D eigenvalue weighted by Gasteiger charge is 2.39. The van der Waals surface area contributed by atoms with Crippen molar-refractivity contribution in [3.8, 4) is 0 Å². The van der Waals surface area contributed by atoms with Crippen LogP contribution in [0.2, 0.25) is 0 Å². The second-order valence-electron chi connectivity index (χ2n) is 6.98. The Morgan fingerprint density at radius 3 is 1.68 bits per heavy atom. The predicted octanol–water partition coefficient (Wildman–Crippen LogP) is 3.85. The van der Waals surface area contributed by atoms with Crippen LogP contribution in [-0.4, -0.2) is 14.5 Å². The molecule has 0 aliphatic rings. The molecule has 0 radical (unpaired) electrons. The summed E-state index contributed by atoms with van der Waals surface area (Å²) < 4.78 is 30.2. The molecule has 0 unspecified atom stereocenters. The van der Waals surface area contributed by atoms with Crippen molar-refractivity contribution in [2.45, 2.75) is 52.5 Å². The van der Waals surface area contributed by atoms with Gasteiger partial charge in [-0.3, -0.25) is 4.18 Å². The van der Waals surface area contributed by atoms with Gasteiger partial charge in [0.2, 0.25) is 0 Å². The van der Waals surface area contributed by atoms with Gasteiger partial charge in [0.1, 0.15) is 0 Å². The van der Waals surface area contributed by atoms with Crippen LogP contribution in [0, 0.1) is 10.8 Å². The van der Waals surface area contributed by atoms with Crippen molar-refractivity contribution in [3.05, 3.63) is 30.3 Å². The first kappa shape index (κ1) is 16.2. The van der Waals surface area contributed by atoms with Gasteiger partial charge in [-0.15, -0.1) is 0 Å². The van der Waals surface area contributed by atoms with Crippen LogP contribution in [0.25, 0.3) is 0 Å². The highest BCUT2D eigenvalue weighted by Crippen LogP contribution is 2.37. The molecule has 4 heteroatoms. The average molecular weight is 284 g/mol. The lowest BCUT2D eigenvalue weighted by Gasteiger charge is -2.39. The Kier molecular flexibility index (Phi) is 4.47. The Labute approximate surface area is 117 Å². The predicted molar refractivity (Wildman–Crippen MR) is 77.4 cm³/mol. The highest BCUT2D eigenvalue weighted by atomic mass is 32.2. The smallest absolute Gasteiger partial charge is 0.262 e. The minimum atomic E-state index is -3.73. The molecule has 19 heavy (non-hydrogen) atoms. The monoisotopic (exact) mass is 284 g/mol. The molecular weight excluding hydrogens is 260 g/mol. The fourth-order valence-corrected chi connectivity index (χ4v) is 3.79. The summed E-state index contributed by atoms with van der Waals surface area (Å²) in [6.45, 7) is 11.9. The summed E-state index contributed by atoms with van der Waals surface area (Å²) in [6.07, 6.45) is -0.398. The molecule has 0 aliphatic carbocycles. The Morgan fingerprint density at radius 1 is 0.895 bits per heavy atom. The Balaban J connectivity index is 3.11. The largest absolute Gasteiger partial charge is 0.297 e. The van der Waals surface area contributed by atoms with Crippen molar-refractivity contribution in [3.63, 3.8) is 0 Å². The molecule has 1 aromatic rings. The van der Waals surface area contributed by atoms with Crippen LogP contribution in [0.15, 0.2) is 35.2 Å². The molecule has 0 aliphatic heterocycles. The SMILES string of the molecule is CC(C)(C)C(OS(=O)(=O)c1ccccc1)C(C)(C)C. The molecule has 1 rings (SSSR count). The first-order valence-corrected chi connectivity index (χ1v) is 7.84. The maximum Gasteiger partial charge on any atom is 0.297 e. The summed E-state index contributed by atoms with van der Waals surface area (Å²) in [5.41, 5.74) is -0.528. The summed E-state index contributed by atoms with van der Waals surface area (Å²) in [7, 11) is -3.73. The van der Waals surface area contributed by atoms with Crippen molar-refractivity contribution in [2.24, 2.45) is 10.8 Å². The van der Waals surface area contributed by atoms with E-state index in [0.29, 0.717) is 0 Å². The second kappa shape index (κ2) is 5.25. The molecule has 0 bridgehead atoms. The lowest BCUT2D eigenvalue weighted by atomic mass is 9.74. The van der Waals surface area contributed by atoms with E-state index in [1.54, 1.807) is 30.3 Å². The van der Waals surface area contributed by atoms with Gasteiger partial charge in [0.25, 0.3) is 10.1 Å². The maximum absolute atomic E-state index is 12.3. The zero-order valence-electron chi connectivity index (χ0n) is 12.6. The van der Waals surface area contributed by atoms with E-state index in [2.05, 4.69) is 0 Å². The quantitative estimate of drug-likeness (QED) is 0.792. The highest BCUT2D eigenvalue weighted by molar-refractivity contribution is 7.86. The van der Waals surface area contributed by atoms with Gasteiger partial charge in [0, 0.05) is 0 Å². The molecule has 0 atom stereocenters. The summed E-state index contributed by atoms with van der Waals surface area (Å²) in [5.74, 6) is 0. The van der Waals surface area contributed by atoms with E-state index < -0.39 is 16.2 Å². The lowest BCUT2D eigenvalue weighted by Crippen LogP contribution is -2.42.